The Morgan fingerprint density at radius 3 is 2.50 bits per heavy atom. The molecule has 0 spiro atoms. The number of rotatable bonds is 4. The van der Waals surface area contributed by atoms with Crippen LogP contribution in [0.3, 0.4) is 0 Å². The van der Waals surface area contributed by atoms with E-state index in [4.69, 9.17) is 22.1 Å². The Hall–Kier alpha value is -1.32. The summed E-state index contributed by atoms with van der Waals surface area (Å²) in [6, 6.07) is 13.4. The molecule has 0 bridgehead atoms. The van der Waals surface area contributed by atoms with Crippen LogP contribution in [-0.2, 0) is 6.61 Å². The summed E-state index contributed by atoms with van der Waals surface area (Å²) in [5.41, 5.74) is 7.23. The van der Waals surface area contributed by atoms with Gasteiger partial charge in [-0.2, -0.15) is 0 Å². The van der Waals surface area contributed by atoms with Gasteiger partial charge in [-0.3, -0.25) is 0 Å². The topological polar surface area (TPSA) is 35.2 Å². The first-order chi connectivity index (χ1) is 8.69. The van der Waals surface area contributed by atoms with Gasteiger partial charge in [0, 0.05) is 21.2 Å². The Morgan fingerprint density at radius 2 is 1.89 bits per heavy atom. The Labute approximate surface area is 116 Å². The smallest absolute Gasteiger partial charge is 0.119 e. The van der Waals surface area contributed by atoms with Crippen molar-refractivity contribution in [3.8, 4) is 5.75 Å². The molecule has 0 heterocycles. The van der Waals surface area contributed by atoms with Crippen LogP contribution in [0.1, 0.15) is 5.56 Å². The predicted octanol–water partition coefficient (Wildman–Crippen LogP) is 4.22. The monoisotopic (exact) mass is 279 g/mol. The summed E-state index contributed by atoms with van der Waals surface area (Å²) in [6.45, 7) is 0.442. The van der Waals surface area contributed by atoms with Gasteiger partial charge in [-0.05, 0) is 42.7 Å². The minimum Gasteiger partial charge on any atom is -0.489 e. The molecule has 0 amide bonds. The molecule has 2 N–H and O–H groups in total. The van der Waals surface area contributed by atoms with Gasteiger partial charge in [0.2, 0.25) is 0 Å². The van der Waals surface area contributed by atoms with E-state index < -0.39 is 0 Å². The third kappa shape index (κ3) is 3.34. The van der Waals surface area contributed by atoms with Gasteiger partial charge in [0.25, 0.3) is 0 Å². The molecule has 94 valence electrons. The van der Waals surface area contributed by atoms with Crippen LogP contribution < -0.4 is 10.5 Å². The van der Waals surface area contributed by atoms with Crippen LogP contribution >= 0.6 is 23.4 Å². The maximum Gasteiger partial charge on any atom is 0.119 e. The highest BCUT2D eigenvalue weighted by atomic mass is 35.5. The second-order valence-electron chi connectivity index (χ2n) is 3.82. The molecule has 18 heavy (non-hydrogen) atoms. The zero-order valence-electron chi connectivity index (χ0n) is 10.0. The number of hydrogen-bond donors (Lipinski definition) is 1. The molecule has 0 aliphatic rings. The molecule has 2 aromatic rings. The summed E-state index contributed by atoms with van der Waals surface area (Å²) in [5, 5.41) is 0.635. The lowest BCUT2D eigenvalue weighted by Crippen LogP contribution is -1.97. The van der Waals surface area contributed by atoms with Crippen molar-refractivity contribution in [1.29, 1.82) is 0 Å². The van der Waals surface area contributed by atoms with E-state index in [1.54, 1.807) is 17.8 Å². The molecular weight excluding hydrogens is 266 g/mol. The van der Waals surface area contributed by atoms with E-state index in [9.17, 15) is 0 Å². The van der Waals surface area contributed by atoms with E-state index >= 15 is 0 Å². The summed E-state index contributed by atoms with van der Waals surface area (Å²) in [5.74, 6) is 0.834. The number of anilines is 1. The Morgan fingerprint density at radius 1 is 1.17 bits per heavy atom. The van der Waals surface area contributed by atoms with Crippen molar-refractivity contribution in [2.45, 2.75) is 11.5 Å². The molecule has 2 nitrogen and oxygen atoms in total. The van der Waals surface area contributed by atoms with Gasteiger partial charge in [0.1, 0.15) is 12.4 Å². The largest absolute Gasteiger partial charge is 0.489 e. The first-order valence-corrected chi connectivity index (χ1v) is 7.10. The summed E-state index contributed by atoms with van der Waals surface area (Å²) in [7, 11) is 0. The van der Waals surface area contributed by atoms with Gasteiger partial charge < -0.3 is 10.5 Å². The molecule has 0 saturated carbocycles. The Balaban J connectivity index is 2.02. The molecule has 0 aromatic heterocycles. The summed E-state index contributed by atoms with van der Waals surface area (Å²) in [4.78, 5) is 1.22. The molecule has 0 aliphatic heterocycles. The first-order valence-electron chi connectivity index (χ1n) is 5.50. The van der Waals surface area contributed by atoms with Crippen molar-refractivity contribution in [2.75, 3.05) is 12.0 Å². The van der Waals surface area contributed by atoms with Gasteiger partial charge in [-0.25, -0.2) is 0 Å². The Bertz CT molecular complexity index is 528. The maximum atomic E-state index is 6.08. The SMILES string of the molecule is CSc1ccc(OCc2ccc(N)cc2Cl)cc1. The van der Waals surface area contributed by atoms with Crippen molar-refractivity contribution in [3.05, 3.63) is 53.1 Å². The second kappa shape index (κ2) is 6.03. The minimum atomic E-state index is 0.442. The lowest BCUT2D eigenvalue weighted by Gasteiger charge is -2.08. The van der Waals surface area contributed by atoms with Gasteiger partial charge in [-0.15, -0.1) is 11.8 Å². The number of nitrogens with two attached hydrogens (primary N) is 1. The van der Waals surface area contributed by atoms with Crippen LogP contribution in [0.2, 0.25) is 5.02 Å². The normalized spacial score (nSPS) is 10.3. The number of nitrogen functional groups attached to an aromatic ring is 1. The van der Waals surface area contributed by atoms with Crippen LogP contribution in [0.15, 0.2) is 47.4 Å². The molecular formula is C14H14ClNOS. The van der Waals surface area contributed by atoms with Crippen LogP contribution in [0, 0.1) is 0 Å². The molecule has 0 atom stereocenters. The highest BCUT2D eigenvalue weighted by Gasteiger charge is 2.02. The quantitative estimate of drug-likeness (QED) is 0.672. The van der Waals surface area contributed by atoms with E-state index in [1.807, 2.05) is 42.7 Å². The molecule has 0 fully saturated rings. The first kappa shape index (κ1) is 13.1. The zero-order chi connectivity index (χ0) is 13.0. The number of ether oxygens (including phenoxy) is 1. The fourth-order valence-electron chi connectivity index (χ4n) is 1.51. The third-order valence-electron chi connectivity index (χ3n) is 2.53. The molecule has 2 rings (SSSR count). The fraction of sp³-hybridized carbons (Fsp3) is 0.143. The summed E-state index contributed by atoms with van der Waals surface area (Å²) < 4.78 is 5.68. The van der Waals surface area contributed by atoms with Crippen LogP contribution in [0.5, 0.6) is 5.75 Å². The van der Waals surface area contributed by atoms with Gasteiger partial charge >= 0.3 is 0 Å². The lowest BCUT2D eigenvalue weighted by molar-refractivity contribution is 0.306. The highest BCUT2D eigenvalue weighted by molar-refractivity contribution is 7.98. The van der Waals surface area contributed by atoms with Crippen molar-refractivity contribution in [2.24, 2.45) is 0 Å². The predicted molar refractivity (Wildman–Crippen MR) is 78.4 cm³/mol. The van der Waals surface area contributed by atoms with E-state index in [2.05, 4.69) is 0 Å². The molecule has 0 aliphatic carbocycles. The second-order valence-corrected chi connectivity index (χ2v) is 5.10. The van der Waals surface area contributed by atoms with Gasteiger partial charge in [-0.1, -0.05) is 17.7 Å². The van der Waals surface area contributed by atoms with E-state index in [1.165, 1.54) is 4.90 Å². The van der Waals surface area contributed by atoms with E-state index in [0.29, 0.717) is 17.3 Å². The van der Waals surface area contributed by atoms with Crippen molar-refractivity contribution < 1.29 is 4.74 Å². The molecule has 4 heteroatoms. The average molecular weight is 280 g/mol. The molecule has 2 aromatic carbocycles. The van der Waals surface area contributed by atoms with E-state index in [0.717, 1.165) is 11.3 Å². The summed E-state index contributed by atoms with van der Waals surface area (Å²) in [6.07, 6.45) is 2.05. The molecule has 0 unspecified atom stereocenters. The maximum absolute atomic E-state index is 6.08. The number of thioether (sulfide) groups is 1. The fourth-order valence-corrected chi connectivity index (χ4v) is 2.17. The number of benzene rings is 2. The van der Waals surface area contributed by atoms with Gasteiger partial charge in [0.15, 0.2) is 0 Å². The molecule has 0 saturated heterocycles. The van der Waals surface area contributed by atoms with Gasteiger partial charge in [0.05, 0.1) is 0 Å². The number of hydrogen-bond acceptors (Lipinski definition) is 3. The summed E-state index contributed by atoms with van der Waals surface area (Å²) >= 11 is 7.79. The van der Waals surface area contributed by atoms with Crippen molar-refractivity contribution in [3.63, 3.8) is 0 Å². The van der Waals surface area contributed by atoms with Crippen LogP contribution in [0.4, 0.5) is 5.69 Å². The van der Waals surface area contributed by atoms with E-state index in [-0.39, 0.29) is 0 Å². The van der Waals surface area contributed by atoms with Crippen molar-refractivity contribution >= 4 is 29.1 Å². The lowest BCUT2D eigenvalue weighted by atomic mass is 10.2. The number of halogens is 1. The zero-order valence-corrected chi connectivity index (χ0v) is 11.6. The molecule has 0 radical (unpaired) electrons. The Kier molecular flexibility index (Phi) is 4.39. The minimum absolute atomic E-state index is 0.442. The third-order valence-corrected chi connectivity index (χ3v) is 3.63. The standard InChI is InChI=1S/C14H14ClNOS/c1-18-13-6-4-12(5-7-13)17-9-10-2-3-11(16)8-14(10)15/h2-8H,9,16H2,1H3. The highest BCUT2D eigenvalue weighted by Crippen LogP contribution is 2.23. The van der Waals surface area contributed by atoms with Crippen molar-refractivity contribution in [1.82, 2.24) is 0 Å². The van der Waals surface area contributed by atoms with Crippen LogP contribution in [0.25, 0.3) is 0 Å². The average Bonchev–Trinajstić information content (AvgIpc) is 2.38. The van der Waals surface area contributed by atoms with Crippen LogP contribution in [-0.4, -0.2) is 6.26 Å².